The van der Waals surface area contributed by atoms with Crippen LogP contribution in [0.1, 0.15) is 19.3 Å². The molecule has 0 unspecified atom stereocenters. The Morgan fingerprint density at radius 2 is 2.17 bits per heavy atom. The zero-order chi connectivity index (χ0) is 8.39. The largest absolute Gasteiger partial charge is 0.473 e. The third-order valence-corrected chi connectivity index (χ3v) is 2.15. The molecule has 0 bridgehead atoms. The third-order valence-electron chi connectivity index (χ3n) is 1.95. The van der Waals surface area contributed by atoms with Crippen LogP contribution in [0.2, 0.25) is 5.15 Å². The molecular formula is C8H9ClN2O. The van der Waals surface area contributed by atoms with E-state index >= 15 is 0 Å². The topological polar surface area (TPSA) is 35.0 Å². The van der Waals surface area contributed by atoms with Crippen molar-refractivity contribution in [1.29, 1.82) is 0 Å². The van der Waals surface area contributed by atoms with Crippen molar-refractivity contribution >= 4 is 11.6 Å². The smallest absolute Gasteiger partial charge is 0.233 e. The lowest BCUT2D eigenvalue weighted by molar-refractivity contribution is 0.113. The number of aromatic nitrogens is 2. The van der Waals surface area contributed by atoms with Gasteiger partial charge in [0.25, 0.3) is 0 Å². The van der Waals surface area contributed by atoms with Gasteiger partial charge in [-0.05, 0) is 25.3 Å². The minimum Gasteiger partial charge on any atom is -0.473 e. The van der Waals surface area contributed by atoms with Gasteiger partial charge in [0.2, 0.25) is 5.88 Å². The Balaban J connectivity index is 1.98. The number of rotatable bonds is 2. The Hall–Kier alpha value is -0.830. The molecule has 0 amide bonds. The highest BCUT2D eigenvalue weighted by molar-refractivity contribution is 6.29. The van der Waals surface area contributed by atoms with Crippen LogP contribution in [0.25, 0.3) is 0 Å². The quantitative estimate of drug-likeness (QED) is 0.706. The van der Waals surface area contributed by atoms with Crippen molar-refractivity contribution in [2.45, 2.75) is 25.4 Å². The van der Waals surface area contributed by atoms with Gasteiger partial charge >= 0.3 is 0 Å². The van der Waals surface area contributed by atoms with Gasteiger partial charge in [-0.3, -0.25) is 0 Å². The molecule has 12 heavy (non-hydrogen) atoms. The normalized spacial score (nSPS) is 17.1. The minimum atomic E-state index is 0.348. The molecule has 4 heteroatoms. The standard InChI is InChI=1S/C8H9ClN2O/c9-7-4-5-8(11-10-7)12-6-2-1-3-6/h4-6H,1-3H2. The van der Waals surface area contributed by atoms with Crippen molar-refractivity contribution < 1.29 is 4.74 Å². The highest BCUT2D eigenvalue weighted by Gasteiger charge is 2.19. The predicted octanol–water partition coefficient (Wildman–Crippen LogP) is 2.06. The molecule has 0 aliphatic heterocycles. The maximum Gasteiger partial charge on any atom is 0.233 e. The molecule has 1 aliphatic carbocycles. The van der Waals surface area contributed by atoms with E-state index in [9.17, 15) is 0 Å². The molecule has 0 radical (unpaired) electrons. The summed E-state index contributed by atoms with van der Waals surface area (Å²) in [4.78, 5) is 0. The fourth-order valence-corrected chi connectivity index (χ4v) is 1.13. The molecule has 1 aromatic rings. The van der Waals surface area contributed by atoms with Gasteiger partial charge in [-0.2, -0.15) is 0 Å². The fourth-order valence-electron chi connectivity index (χ4n) is 1.03. The van der Waals surface area contributed by atoms with Crippen molar-refractivity contribution in [2.24, 2.45) is 0 Å². The van der Waals surface area contributed by atoms with E-state index in [0.29, 0.717) is 17.1 Å². The Labute approximate surface area is 75.7 Å². The van der Waals surface area contributed by atoms with E-state index in [-0.39, 0.29) is 0 Å². The summed E-state index contributed by atoms with van der Waals surface area (Å²) in [6.45, 7) is 0. The first kappa shape index (κ1) is 7.80. The summed E-state index contributed by atoms with van der Waals surface area (Å²) in [5, 5.41) is 7.88. The average Bonchev–Trinajstić information content (AvgIpc) is 2.00. The summed E-state index contributed by atoms with van der Waals surface area (Å²) < 4.78 is 5.47. The van der Waals surface area contributed by atoms with Crippen LogP contribution in [-0.4, -0.2) is 16.3 Å². The molecule has 0 N–H and O–H groups in total. The van der Waals surface area contributed by atoms with Crippen molar-refractivity contribution in [3.05, 3.63) is 17.3 Å². The van der Waals surface area contributed by atoms with Gasteiger partial charge in [-0.1, -0.05) is 11.6 Å². The Morgan fingerprint density at radius 3 is 2.67 bits per heavy atom. The number of halogens is 1. The first-order chi connectivity index (χ1) is 5.84. The number of hydrogen-bond donors (Lipinski definition) is 0. The van der Waals surface area contributed by atoms with Crippen molar-refractivity contribution in [2.75, 3.05) is 0 Å². The van der Waals surface area contributed by atoms with E-state index in [4.69, 9.17) is 16.3 Å². The zero-order valence-electron chi connectivity index (χ0n) is 6.53. The number of ether oxygens (including phenoxy) is 1. The highest BCUT2D eigenvalue weighted by atomic mass is 35.5. The first-order valence-corrected chi connectivity index (χ1v) is 4.38. The van der Waals surface area contributed by atoms with Gasteiger partial charge in [0.15, 0.2) is 5.15 Å². The second-order valence-electron chi connectivity index (χ2n) is 2.87. The zero-order valence-corrected chi connectivity index (χ0v) is 7.29. The van der Waals surface area contributed by atoms with Gasteiger partial charge in [0.05, 0.1) is 0 Å². The maximum absolute atomic E-state index is 5.57. The molecule has 1 heterocycles. The van der Waals surface area contributed by atoms with Crippen LogP contribution >= 0.6 is 11.6 Å². The summed E-state index contributed by atoms with van der Waals surface area (Å²) in [6, 6.07) is 3.43. The summed E-state index contributed by atoms with van der Waals surface area (Å²) in [5.41, 5.74) is 0. The Bertz CT molecular complexity index is 258. The van der Waals surface area contributed by atoms with Crippen LogP contribution < -0.4 is 4.74 Å². The molecule has 1 aromatic heterocycles. The first-order valence-electron chi connectivity index (χ1n) is 4.00. The van der Waals surface area contributed by atoms with Crippen LogP contribution in [0.5, 0.6) is 5.88 Å². The van der Waals surface area contributed by atoms with Crippen LogP contribution in [0.15, 0.2) is 12.1 Å². The lowest BCUT2D eigenvalue weighted by Crippen LogP contribution is -2.25. The van der Waals surface area contributed by atoms with E-state index in [0.717, 1.165) is 12.8 Å². The SMILES string of the molecule is Clc1ccc(OC2CCC2)nn1. The summed E-state index contributed by atoms with van der Waals surface area (Å²) >= 11 is 5.57. The number of hydrogen-bond acceptors (Lipinski definition) is 3. The molecule has 0 aromatic carbocycles. The van der Waals surface area contributed by atoms with E-state index in [1.807, 2.05) is 0 Å². The molecule has 1 aliphatic rings. The van der Waals surface area contributed by atoms with E-state index in [2.05, 4.69) is 10.2 Å². The van der Waals surface area contributed by atoms with Crippen LogP contribution in [-0.2, 0) is 0 Å². The predicted molar refractivity (Wildman–Crippen MR) is 45.3 cm³/mol. The third kappa shape index (κ3) is 1.67. The fraction of sp³-hybridized carbons (Fsp3) is 0.500. The summed E-state index contributed by atoms with van der Waals surface area (Å²) in [7, 11) is 0. The summed E-state index contributed by atoms with van der Waals surface area (Å²) in [6.07, 6.45) is 3.86. The van der Waals surface area contributed by atoms with Crippen LogP contribution in [0.4, 0.5) is 0 Å². The maximum atomic E-state index is 5.57. The lowest BCUT2D eigenvalue weighted by Gasteiger charge is -2.25. The Kier molecular flexibility index (Phi) is 2.13. The van der Waals surface area contributed by atoms with Crippen molar-refractivity contribution in [3.8, 4) is 5.88 Å². The second-order valence-corrected chi connectivity index (χ2v) is 3.25. The summed E-state index contributed by atoms with van der Waals surface area (Å²) in [5.74, 6) is 0.573. The molecular weight excluding hydrogens is 176 g/mol. The van der Waals surface area contributed by atoms with Gasteiger partial charge in [-0.15, -0.1) is 10.2 Å². The molecule has 0 saturated heterocycles. The van der Waals surface area contributed by atoms with E-state index in [1.165, 1.54) is 6.42 Å². The molecule has 64 valence electrons. The van der Waals surface area contributed by atoms with Gasteiger partial charge < -0.3 is 4.74 Å². The van der Waals surface area contributed by atoms with Crippen LogP contribution in [0, 0.1) is 0 Å². The van der Waals surface area contributed by atoms with E-state index < -0.39 is 0 Å². The molecule has 1 saturated carbocycles. The Morgan fingerprint density at radius 1 is 1.33 bits per heavy atom. The average molecular weight is 185 g/mol. The van der Waals surface area contributed by atoms with Gasteiger partial charge in [0, 0.05) is 6.07 Å². The van der Waals surface area contributed by atoms with Gasteiger partial charge in [-0.25, -0.2) is 0 Å². The van der Waals surface area contributed by atoms with Gasteiger partial charge in [0.1, 0.15) is 6.10 Å². The molecule has 0 spiro atoms. The minimum absolute atomic E-state index is 0.348. The molecule has 3 nitrogen and oxygen atoms in total. The monoisotopic (exact) mass is 184 g/mol. The highest BCUT2D eigenvalue weighted by Crippen LogP contribution is 2.23. The van der Waals surface area contributed by atoms with Crippen molar-refractivity contribution in [1.82, 2.24) is 10.2 Å². The molecule has 0 atom stereocenters. The lowest BCUT2D eigenvalue weighted by atomic mass is 9.96. The van der Waals surface area contributed by atoms with Crippen molar-refractivity contribution in [3.63, 3.8) is 0 Å². The van der Waals surface area contributed by atoms with Crippen LogP contribution in [0.3, 0.4) is 0 Å². The number of nitrogens with zero attached hydrogens (tertiary/aromatic N) is 2. The van der Waals surface area contributed by atoms with E-state index in [1.54, 1.807) is 12.1 Å². The second kappa shape index (κ2) is 3.27. The molecule has 1 fully saturated rings. The molecule has 2 rings (SSSR count).